The number of hydrogen-bond acceptors (Lipinski definition) is 9. The van der Waals surface area contributed by atoms with Gasteiger partial charge in [0.1, 0.15) is 17.4 Å². The van der Waals surface area contributed by atoms with E-state index in [0.29, 0.717) is 57.7 Å². The summed E-state index contributed by atoms with van der Waals surface area (Å²) in [6.45, 7) is 8.13. The van der Waals surface area contributed by atoms with E-state index in [0.717, 1.165) is 11.1 Å². The molecule has 0 atom stereocenters. The Morgan fingerprint density at radius 1 is 1.05 bits per heavy atom. The summed E-state index contributed by atoms with van der Waals surface area (Å²) in [5.41, 5.74) is 5.03. The molecule has 0 unspecified atom stereocenters. The minimum atomic E-state index is -0.327. The fourth-order valence-electron chi connectivity index (χ4n) is 3.56. The number of carbonyl (C=O) groups is 1. The summed E-state index contributed by atoms with van der Waals surface area (Å²) in [7, 11) is 0. The van der Waals surface area contributed by atoms with E-state index in [9.17, 15) is 4.79 Å². The highest BCUT2D eigenvalue weighted by atomic mass is 16.5. The maximum Gasteiger partial charge on any atom is 0.256 e. The molecule has 0 aliphatic carbocycles. The zero-order chi connectivity index (χ0) is 25.8. The molecule has 10 heteroatoms. The molecular formula is C27H24N8O2. The molecule has 3 heterocycles. The van der Waals surface area contributed by atoms with Crippen molar-refractivity contribution in [3.8, 4) is 0 Å². The first-order valence-electron chi connectivity index (χ1n) is 11.5. The van der Waals surface area contributed by atoms with E-state index in [2.05, 4.69) is 47.6 Å². The molecule has 2 aromatic carbocycles. The van der Waals surface area contributed by atoms with Gasteiger partial charge in [-0.3, -0.25) is 4.79 Å². The van der Waals surface area contributed by atoms with Crippen molar-refractivity contribution in [3.63, 3.8) is 0 Å². The van der Waals surface area contributed by atoms with Crippen LogP contribution in [0.15, 0.2) is 78.2 Å². The van der Waals surface area contributed by atoms with Crippen molar-refractivity contribution in [2.24, 2.45) is 0 Å². The number of nitrogens with zero attached hydrogens (tertiary/aromatic N) is 5. The number of aromatic nitrogens is 5. The van der Waals surface area contributed by atoms with Crippen molar-refractivity contribution in [3.05, 3.63) is 96.2 Å². The number of amides is 1. The Kier molecular flexibility index (Phi) is 6.54. The molecule has 0 spiro atoms. The molecule has 0 fully saturated rings. The molecule has 0 radical (unpaired) electrons. The van der Waals surface area contributed by atoms with Crippen molar-refractivity contribution in [1.82, 2.24) is 25.1 Å². The van der Waals surface area contributed by atoms with E-state index in [4.69, 9.17) is 4.52 Å². The van der Waals surface area contributed by atoms with E-state index in [1.807, 2.05) is 43.3 Å². The molecule has 37 heavy (non-hydrogen) atoms. The van der Waals surface area contributed by atoms with Crippen LogP contribution in [0.1, 0.15) is 34.2 Å². The SMILES string of the molecule is C=C(C)c1cc(NC(=O)c2ccc(C)c(Nc3ncnc4cnc(NCc5ccccc5)nc34)c2)no1. The first-order chi connectivity index (χ1) is 18.0. The molecule has 1 amide bonds. The van der Waals surface area contributed by atoms with Gasteiger partial charge in [0.2, 0.25) is 5.95 Å². The van der Waals surface area contributed by atoms with Gasteiger partial charge in [0.15, 0.2) is 17.4 Å². The maximum absolute atomic E-state index is 12.9. The zero-order valence-corrected chi connectivity index (χ0v) is 20.3. The van der Waals surface area contributed by atoms with Crippen LogP contribution in [0.2, 0.25) is 0 Å². The summed E-state index contributed by atoms with van der Waals surface area (Å²) in [5, 5.41) is 13.1. The summed E-state index contributed by atoms with van der Waals surface area (Å²) in [5.74, 6) is 1.45. The average Bonchev–Trinajstić information content (AvgIpc) is 3.38. The van der Waals surface area contributed by atoms with Crippen LogP contribution in [-0.2, 0) is 6.54 Å². The number of anilines is 4. The zero-order valence-electron chi connectivity index (χ0n) is 20.3. The lowest BCUT2D eigenvalue weighted by molar-refractivity contribution is 0.102. The summed E-state index contributed by atoms with van der Waals surface area (Å²) in [6, 6.07) is 17.0. The van der Waals surface area contributed by atoms with Gasteiger partial charge in [-0.1, -0.05) is 48.1 Å². The number of hydrogen-bond donors (Lipinski definition) is 3. The van der Waals surface area contributed by atoms with Crippen LogP contribution in [0.3, 0.4) is 0 Å². The van der Waals surface area contributed by atoms with Gasteiger partial charge in [0, 0.05) is 23.9 Å². The fraction of sp³-hybridized carbons (Fsp3) is 0.111. The Bertz CT molecular complexity index is 1600. The number of carbonyl (C=O) groups excluding carboxylic acids is 1. The predicted octanol–water partition coefficient (Wildman–Crippen LogP) is 5.36. The van der Waals surface area contributed by atoms with Crippen LogP contribution in [-0.4, -0.2) is 31.0 Å². The Balaban J connectivity index is 1.37. The molecule has 3 aromatic heterocycles. The molecule has 0 aliphatic rings. The molecule has 5 aromatic rings. The number of benzene rings is 2. The van der Waals surface area contributed by atoms with Gasteiger partial charge < -0.3 is 20.5 Å². The van der Waals surface area contributed by atoms with Gasteiger partial charge in [-0.05, 0) is 42.7 Å². The molecule has 0 saturated carbocycles. The van der Waals surface area contributed by atoms with Crippen LogP contribution in [0.25, 0.3) is 16.6 Å². The van der Waals surface area contributed by atoms with Crippen LogP contribution >= 0.6 is 0 Å². The normalized spacial score (nSPS) is 10.8. The second-order valence-electron chi connectivity index (χ2n) is 8.45. The molecule has 0 saturated heterocycles. The maximum atomic E-state index is 12.9. The number of aryl methyl sites for hydroxylation is 1. The molecule has 5 rings (SSSR count). The van der Waals surface area contributed by atoms with Crippen LogP contribution in [0.5, 0.6) is 0 Å². The molecule has 3 N–H and O–H groups in total. The third-order valence-corrected chi connectivity index (χ3v) is 5.60. The lowest BCUT2D eigenvalue weighted by Gasteiger charge is -2.12. The Morgan fingerprint density at radius 3 is 2.68 bits per heavy atom. The van der Waals surface area contributed by atoms with Gasteiger partial charge in [-0.25, -0.2) is 19.9 Å². The largest absolute Gasteiger partial charge is 0.354 e. The van der Waals surface area contributed by atoms with Crippen molar-refractivity contribution >= 4 is 45.8 Å². The smallest absolute Gasteiger partial charge is 0.256 e. The topological polar surface area (TPSA) is 131 Å². The van der Waals surface area contributed by atoms with Crippen molar-refractivity contribution in [1.29, 1.82) is 0 Å². The number of nitrogens with one attached hydrogen (secondary N) is 3. The summed E-state index contributed by atoms with van der Waals surface area (Å²) in [4.78, 5) is 30.5. The second kappa shape index (κ2) is 10.2. The van der Waals surface area contributed by atoms with Gasteiger partial charge in [0.05, 0.1) is 6.20 Å². The van der Waals surface area contributed by atoms with Gasteiger partial charge in [-0.2, -0.15) is 0 Å². The Hall–Kier alpha value is -5.12. The Morgan fingerprint density at radius 2 is 1.89 bits per heavy atom. The summed E-state index contributed by atoms with van der Waals surface area (Å²) in [6.07, 6.45) is 3.09. The minimum absolute atomic E-state index is 0.312. The van der Waals surface area contributed by atoms with Gasteiger partial charge in [0.25, 0.3) is 5.91 Å². The number of rotatable bonds is 8. The first-order valence-corrected chi connectivity index (χ1v) is 11.5. The van der Waals surface area contributed by atoms with E-state index in [1.54, 1.807) is 31.3 Å². The molecule has 184 valence electrons. The van der Waals surface area contributed by atoms with Crippen LogP contribution in [0, 0.1) is 6.92 Å². The monoisotopic (exact) mass is 492 g/mol. The molecule has 10 nitrogen and oxygen atoms in total. The highest BCUT2D eigenvalue weighted by Gasteiger charge is 2.14. The molecule has 0 aliphatic heterocycles. The molecular weight excluding hydrogens is 468 g/mol. The highest BCUT2D eigenvalue weighted by Crippen LogP contribution is 2.26. The van der Waals surface area contributed by atoms with Crippen molar-refractivity contribution in [2.45, 2.75) is 20.4 Å². The lowest BCUT2D eigenvalue weighted by Crippen LogP contribution is -2.12. The van der Waals surface area contributed by atoms with Crippen molar-refractivity contribution < 1.29 is 9.32 Å². The first kappa shape index (κ1) is 23.6. The third-order valence-electron chi connectivity index (χ3n) is 5.60. The highest BCUT2D eigenvalue weighted by molar-refractivity contribution is 6.04. The van der Waals surface area contributed by atoms with Crippen LogP contribution < -0.4 is 16.0 Å². The average molecular weight is 493 g/mol. The van der Waals surface area contributed by atoms with E-state index >= 15 is 0 Å². The van der Waals surface area contributed by atoms with Crippen molar-refractivity contribution in [2.75, 3.05) is 16.0 Å². The third kappa shape index (κ3) is 5.43. The van der Waals surface area contributed by atoms with Crippen LogP contribution in [0.4, 0.5) is 23.3 Å². The minimum Gasteiger partial charge on any atom is -0.354 e. The quantitative estimate of drug-likeness (QED) is 0.262. The number of allylic oxidation sites excluding steroid dienone is 1. The predicted molar refractivity (Wildman–Crippen MR) is 143 cm³/mol. The lowest BCUT2D eigenvalue weighted by atomic mass is 10.1. The summed E-state index contributed by atoms with van der Waals surface area (Å²) < 4.78 is 5.17. The standard InChI is InChI=1S/C27H24N8O2/c1-16(2)22-12-23(35-37-22)33-26(36)19-10-9-17(3)20(11-19)32-25-24-21(30-15-31-25)14-29-27(34-24)28-13-18-7-5-4-6-8-18/h4-12,14-15H,1,13H2,2-3H3,(H,28,29,34)(H,30,31,32)(H,33,35,36). The van der Waals surface area contributed by atoms with Gasteiger partial charge >= 0.3 is 0 Å². The van der Waals surface area contributed by atoms with E-state index in [-0.39, 0.29) is 5.91 Å². The number of fused-ring (bicyclic) bond motifs is 1. The molecule has 0 bridgehead atoms. The Labute approximate surface area is 212 Å². The van der Waals surface area contributed by atoms with E-state index < -0.39 is 0 Å². The van der Waals surface area contributed by atoms with Gasteiger partial charge in [-0.15, -0.1) is 0 Å². The summed E-state index contributed by atoms with van der Waals surface area (Å²) >= 11 is 0. The van der Waals surface area contributed by atoms with E-state index in [1.165, 1.54) is 6.33 Å². The second-order valence-corrected chi connectivity index (χ2v) is 8.45. The fourth-order valence-corrected chi connectivity index (χ4v) is 3.56.